The van der Waals surface area contributed by atoms with Gasteiger partial charge in [0.2, 0.25) is 11.8 Å². The molecule has 2 amide bonds. The van der Waals surface area contributed by atoms with Crippen LogP contribution in [0.5, 0.6) is 0 Å². The Bertz CT molecular complexity index is 965. The predicted octanol–water partition coefficient (Wildman–Crippen LogP) is 4.86. The van der Waals surface area contributed by atoms with Crippen LogP contribution in [0.3, 0.4) is 0 Å². The molecule has 0 unspecified atom stereocenters. The Hall–Kier alpha value is -2.13. The fraction of sp³-hybridized carbons (Fsp3) is 0.300. The van der Waals surface area contributed by atoms with Crippen LogP contribution in [0.1, 0.15) is 30.0 Å². The SMILES string of the molecule is O=C(C[C@H]1Sc2ccc(C(F)(F)F)cc2NC1=O)N[C@H]1CCSc2ccccc21. The van der Waals surface area contributed by atoms with Gasteiger partial charge in [-0.05, 0) is 36.2 Å². The number of amides is 2. The van der Waals surface area contributed by atoms with Crippen LogP contribution in [0.25, 0.3) is 0 Å². The monoisotopic (exact) mass is 438 g/mol. The van der Waals surface area contributed by atoms with Crippen LogP contribution in [-0.2, 0) is 15.8 Å². The van der Waals surface area contributed by atoms with Crippen molar-refractivity contribution in [2.45, 2.75) is 40.1 Å². The number of benzene rings is 2. The second-order valence-corrected chi connectivity index (χ2v) is 9.18. The number of hydrogen-bond acceptors (Lipinski definition) is 4. The maximum Gasteiger partial charge on any atom is 0.416 e. The Morgan fingerprint density at radius 1 is 1.17 bits per heavy atom. The highest BCUT2D eigenvalue weighted by Gasteiger charge is 2.34. The van der Waals surface area contributed by atoms with Gasteiger partial charge < -0.3 is 10.6 Å². The lowest BCUT2D eigenvalue weighted by Crippen LogP contribution is -2.37. The van der Waals surface area contributed by atoms with E-state index in [1.165, 1.54) is 6.07 Å². The quantitative estimate of drug-likeness (QED) is 0.719. The number of fused-ring (bicyclic) bond motifs is 2. The maximum absolute atomic E-state index is 12.9. The van der Waals surface area contributed by atoms with Gasteiger partial charge in [0.1, 0.15) is 0 Å². The predicted molar refractivity (Wildman–Crippen MR) is 107 cm³/mol. The third-order valence-corrected chi connectivity index (χ3v) is 7.19. The molecule has 4 nitrogen and oxygen atoms in total. The summed E-state index contributed by atoms with van der Waals surface area (Å²) < 4.78 is 38.6. The summed E-state index contributed by atoms with van der Waals surface area (Å²) in [5, 5.41) is 4.82. The van der Waals surface area contributed by atoms with E-state index >= 15 is 0 Å². The molecule has 0 fully saturated rings. The van der Waals surface area contributed by atoms with Crippen molar-refractivity contribution in [3.05, 3.63) is 53.6 Å². The number of nitrogens with one attached hydrogen (secondary N) is 2. The average molecular weight is 438 g/mol. The van der Waals surface area contributed by atoms with Crippen LogP contribution >= 0.6 is 23.5 Å². The van der Waals surface area contributed by atoms with E-state index in [-0.39, 0.29) is 24.1 Å². The van der Waals surface area contributed by atoms with Crippen molar-refractivity contribution in [2.75, 3.05) is 11.1 Å². The van der Waals surface area contributed by atoms with Crippen LogP contribution in [0.15, 0.2) is 52.3 Å². The minimum Gasteiger partial charge on any atom is -0.349 e. The van der Waals surface area contributed by atoms with Gasteiger partial charge in [0.15, 0.2) is 0 Å². The van der Waals surface area contributed by atoms with E-state index in [2.05, 4.69) is 10.6 Å². The Morgan fingerprint density at radius 2 is 1.97 bits per heavy atom. The van der Waals surface area contributed by atoms with Gasteiger partial charge in [0, 0.05) is 22.0 Å². The molecule has 0 saturated heterocycles. The van der Waals surface area contributed by atoms with E-state index in [1.54, 1.807) is 11.8 Å². The molecule has 9 heteroatoms. The zero-order valence-corrected chi connectivity index (χ0v) is 16.7. The molecule has 2 aromatic carbocycles. The molecule has 2 aliphatic rings. The minimum atomic E-state index is -4.48. The highest BCUT2D eigenvalue weighted by molar-refractivity contribution is 8.01. The fourth-order valence-corrected chi connectivity index (χ4v) is 5.59. The van der Waals surface area contributed by atoms with Crippen molar-refractivity contribution < 1.29 is 22.8 Å². The molecular formula is C20H17F3N2O2S2. The minimum absolute atomic E-state index is 0.0389. The van der Waals surface area contributed by atoms with Gasteiger partial charge in [0.25, 0.3) is 0 Å². The van der Waals surface area contributed by atoms with Gasteiger partial charge in [-0.2, -0.15) is 13.2 Å². The summed E-state index contributed by atoms with van der Waals surface area (Å²) in [4.78, 5) is 26.6. The number of thioether (sulfide) groups is 2. The van der Waals surface area contributed by atoms with Gasteiger partial charge in [0.05, 0.1) is 22.5 Å². The first kappa shape index (κ1) is 20.2. The van der Waals surface area contributed by atoms with Crippen molar-refractivity contribution in [3.63, 3.8) is 0 Å². The zero-order valence-electron chi connectivity index (χ0n) is 15.1. The summed E-state index contributed by atoms with van der Waals surface area (Å²) in [5.74, 6) is 0.187. The Kier molecular flexibility index (Phi) is 5.52. The number of carbonyl (C=O) groups is 2. The van der Waals surface area contributed by atoms with E-state index in [1.807, 2.05) is 24.3 Å². The molecule has 0 aromatic heterocycles. The Morgan fingerprint density at radius 3 is 2.76 bits per heavy atom. The van der Waals surface area contributed by atoms with E-state index in [0.717, 1.165) is 46.5 Å². The van der Waals surface area contributed by atoms with Gasteiger partial charge >= 0.3 is 6.18 Å². The van der Waals surface area contributed by atoms with E-state index in [9.17, 15) is 22.8 Å². The number of hydrogen-bond donors (Lipinski definition) is 2. The van der Waals surface area contributed by atoms with Crippen LogP contribution < -0.4 is 10.6 Å². The molecule has 2 atom stereocenters. The van der Waals surface area contributed by atoms with Crippen molar-refractivity contribution >= 4 is 41.0 Å². The molecule has 152 valence electrons. The second-order valence-electron chi connectivity index (χ2n) is 6.80. The van der Waals surface area contributed by atoms with Crippen molar-refractivity contribution in [3.8, 4) is 0 Å². The van der Waals surface area contributed by atoms with Gasteiger partial charge in [-0.25, -0.2) is 0 Å². The van der Waals surface area contributed by atoms with E-state index in [0.29, 0.717) is 4.90 Å². The van der Waals surface area contributed by atoms with Crippen LogP contribution in [0.4, 0.5) is 18.9 Å². The fourth-order valence-electron chi connectivity index (χ4n) is 3.37. The summed E-state index contributed by atoms with van der Waals surface area (Å²) in [7, 11) is 0. The second kappa shape index (κ2) is 7.95. The molecule has 2 aromatic rings. The third-order valence-electron chi connectivity index (χ3n) is 4.79. The van der Waals surface area contributed by atoms with Crippen molar-refractivity contribution in [1.82, 2.24) is 5.32 Å². The Labute approximate surface area is 174 Å². The van der Waals surface area contributed by atoms with Crippen LogP contribution in [0, 0.1) is 0 Å². The van der Waals surface area contributed by atoms with Gasteiger partial charge in [-0.15, -0.1) is 23.5 Å². The molecule has 29 heavy (non-hydrogen) atoms. The molecule has 0 radical (unpaired) electrons. The number of anilines is 1. The van der Waals surface area contributed by atoms with Crippen molar-refractivity contribution in [2.24, 2.45) is 0 Å². The largest absolute Gasteiger partial charge is 0.416 e. The van der Waals surface area contributed by atoms with Gasteiger partial charge in [-0.1, -0.05) is 18.2 Å². The topological polar surface area (TPSA) is 58.2 Å². The lowest BCUT2D eigenvalue weighted by molar-refractivity contribution is -0.137. The lowest BCUT2D eigenvalue weighted by Gasteiger charge is -2.28. The smallest absolute Gasteiger partial charge is 0.349 e. The van der Waals surface area contributed by atoms with Crippen molar-refractivity contribution in [1.29, 1.82) is 0 Å². The molecule has 2 aliphatic heterocycles. The number of rotatable bonds is 3. The molecule has 0 bridgehead atoms. The highest BCUT2D eigenvalue weighted by Crippen LogP contribution is 2.41. The van der Waals surface area contributed by atoms with E-state index in [4.69, 9.17) is 0 Å². The first-order valence-electron chi connectivity index (χ1n) is 9.01. The molecule has 2 heterocycles. The summed E-state index contributed by atoms with van der Waals surface area (Å²) in [6.07, 6.45) is -3.71. The summed E-state index contributed by atoms with van der Waals surface area (Å²) in [5.41, 5.74) is 0.384. The normalized spacial score (nSPS) is 21.0. The zero-order chi connectivity index (χ0) is 20.6. The first-order valence-corrected chi connectivity index (χ1v) is 10.9. The van der Waals surface area contributed by atoms with Crippen LogP contribution in [-0.4, -0.2) is 22.8 Å². The highest BCUT2D eigenvalue weighted by atomic mass is 32.2. The third kappa shape index (κ3) is 4.40. The lowest BCUT2D eigenvalue weighted by atomic mass is 10.0. The maximum atomic E-state index is 12.9. The molecule has 0 aliphatic carbocycles. The van der Waals surface area contributed by atoms with E-state index < -0.39 is 22.9 Å². The number of halogens is 3. The number of carbonyl (C=O) groups excluding carboxylic acids is 2. The van der Waals surface area contributed by atoms with Crippen LogP contribution in [0.2, 0.25) is 0 Å². The Balaban J connectivity index is 1.43. The summed E-state index contributed by atoms with van der Waals surface area (Å²) >= 11 is 2.87. The van der Waals surface area contributed by atoms with Gasteiger partial charge in [-0.3, -0.25) is 9.59 Å². The summed E-state index contributed by atoms with van der Waals surface area (Å²) in [6, 6.07) is 11.0. The summed E-state index contributed by atoms with van der Waals surface area (Å²) in [6.45, 7) is 0. The average Bonchev–Trinajstić information content (AvgIpc) is 2.68. The molecule has 2 N–H and O–H groups in total. The first-order chi connectivity index (χ1) is 13.8. The molecule has 0 spiro atoms. The molecule has 0 saturated carbocycles. The number of alkyl halides is 3. The molecular weight excluding hydrogens is 421 g/mol. The molecule has 4 rings (SSSR count). The standard InChI is InChI=1S/C20H17F3N2O2S2/c21-20(22,23)11-5-6-16-14(9-11)25-19(27)17(29-16)10-18(26)24-13-7-8-28-15-4-2-1-3-12(13)15/h1-6,9,13,17H,7-8,10H2,(H,24,26)(H,25,27)/t13-,17+/m0/s1.